The molecule has 0 atom stereocenters. The molecule has 1 heterocycles. The highest BCUT2D eigenvalue weighted by molar-refractivity contribution is 6.29. The minimum Gasteiger partial charge on any atom is -0.368 e. The first-order valence-electron chi connectivity index (χ1n) is 4.94. The minimum absolute atomic E-state index is 0.198. The van der Waals surface area contributed by atoms with Crippen molar-refractivity contribution in [1.82, 2.24) is 9.97 Å². The van der Waals surface area contributed by atoms with Gasteiger partial charge < -0.3 is 5.73 Å². The molecule has 0 saturated heterocycles. The zero-order valence-electron chi connectivity index (χ0n) is 9.16. The number of nitrogens with two attached hydrogens (primary N) is 1. The lowest BCUT2D eigenvalue weighted by molar-refractivity contribution is 1.18. The summed E-state index contributed by atoms with van der Waals surface area (Å²) in [5, 5.41) is 0.364. The van der Waals surface area contributed by atoms with Gasteiger partial charge >= 0.3 is 0 Å². The highest BCUT2D eigenvalue weighted by atomic mass is 35.5. The van der Waals surface area contributed by atoms with Crippen LogP contribution in [0.4, 0.5) is 5.95 Å². The van der Waals surface area contributed by atoms with E-state index >= 15 is 0 Å². The maximum absolute atomic E-state index is 5.86. The topological polar surface area (TPSA) is 51.8 Å². The predicted molar refractivity (Wildman–Crippen MR) is 66.4 cm³/mol. The lowest BCUT2D eigenvalue weighted by Gasteiger charge is -2.07. The van der Waals surface area contributed by atoms with Gasteiger partial charge in [-0.05, 0) is 25.5 Å². The third kappa shape index (κ3) is 2.14. The monoisotopic (exact) mass is 233 g/mol. The van der Waals surface area contributed by atoms with E-state index in [9.17, 15) is 0 Å². The van der Waals surface area contributed by atoms with Gasteiger partial charge in [0, 0.05) is 11.6 Å². The van der Waals surface area contributed by atoms with Crippen molar-refractivity contribution in [3.05, 3.63) is 40.5 Å². The Bertz CT molecular complexity index is 518. The normalized spacial score (nSPS) is 10.4. The van der Waals surface area contributed by atoms with E-state index in [1.165, 1.54) is 5.56 Å². The molecule has 1 aromatic carbocycles. The van der Waals surface area contributed by atoms with Crippen LogP contribution in [0.15, 0.2) is 24.3 Å². The molecule has 3 nitrogen and oxygen atoms in total. The maximum Gasteiger partial charge on any atom is 0.221 e. The first kappa shape index (κ1) is 10.9. The Morgan fingerprint density at radius 3 is 2.56 bits per heavy atom. The molecule has 0 amide bonds. The Hall–Kier alpha value is -1.61. The van der Waals surface area contributed by atoms with Gasteiger partial charge in [0.25, 0.3) is 0 Å². The third-order valence-electron chi connectivity index (χ3n) is 2.38. The first-order valence-corrected chi connectivity index (χ1v) is 5.32. The van der Waals surface area contributed by atoms with Crippen LogP contribution >= 0.6 is 11.6 Å². The third-order valence-corrected chi connectivity index (χ3v) is 2.57. The molecule has 4 heteroatoms. The van der Waals surface area contributed by atoms with Crippen LogP contribution in [0.3, 0.4) is 0 Å². The predicted octanol–water partition coefficient (Wildman–Crippen LogP) is 3.00. The number of nitrogens with zero attached hydrogens (tertiary/aromatic N) is 2. The van der Waals surface area contributed by atoms with Gasteiger partial charge in [-0.15, -0.1) is 0 Å². The van der Waals surface area contributed by atoms with Gasteiger partial charge in [-0.25, -0.2) is 9.97 Å². The maximum atomic E-state index is 5.86. The second-order valence-corrected chi connectivity index (χ2v) is 4.14. The van der Waals surface area contributed by atoms with Crippen LogP contribution < -0.4 is 5.73 Å². The average molecular weight is 234 g/mol. The fourth-order valence-corrected chi connectivity index (χ4v) is 1.77. The molecule has 82 valence electrons. The van der Waals surface area contributed by atoms with Gasteiger partial charge in [-0.2, -0.15) is 0 Å². The van der Waals surface area contributed by atoms with Gasteiger partial charge in [0.05, 0.1) is 5.69 Å². The van der Waals surface area contributed by atoms with Crippen molar-refractivity contribution in [3.63, 3.8) is 0 Å². The van der Waals surface area contributed by atoms with Crippen LogP contribution in [0.2, 0.25) is 5.15 Å². The van der Waals surface area contributed by atoms with E-state index in [4.69, 9.17) is 17.3 Å². The first-order chi connectivity index (χ1) is 7.56. The Balaban J connectivity index is 2.62. The van der Waals surface area contributed by atoms with Crippen molar-refractivity contribution in [2.45, 2.75) is 13.8 Å². The zero-order chi connectivity index (χ0) is 11.7. The molecule has 0 saturated carbocycles. The Morgan fingerprint density at radius 2 is 1.88 bits per heavy atom. The summed E-state index contributed by atoms with van der Waals surface area (Å²) < 4.78 is 0. The molecule has 1 aromatic heterocycles. The van der Waals surface area contributed by atoms with Gasteiger partial charge in [-0.1, -0.05) is 29.3 Å². The number of halogens is 1. The summed E-state index contributed by atoms with van der Waals surface area (Å²) in [5.41, 5.74) is 9.69. The summed E-state index contributed by atoms with van der Waals surface area (Å²) in [6.07, 6.45) is 0. The van der Waals surface area contributed by atoms with Crippen molar-refractivity contribution < 1.29 is 0 Å². The van der Waals surface area contributed by atoms with Crippen molar-refractivity contribution in [3.8, 4) is 11.3 Å². The van der Waals surface area contributed by atoms with Crippen LogP contribution in [0.5, 0.6) is 0 Å². The standard InChI is InChI=1S/C12H12ClN3/c1-7-3-4-8(2)9(5-7)10-6-11(13)16-12(14)15-10/h3-6H,1-2H3,(H2,14,15,16). The van der Waals surface area contributed by atoms with Gasteiger partial charge in [0.2, 0.25) is 5.95 Å². The smallest absolute Gasteiger partial charge is 0.221 e. The SMILES string of the molecule is Cc1ccc(C)c(-c2cc(Cl)nc(N)n2)c1. The van der Waals surface area contributed by atoms with Gasteiger partial charge in [0.1, 0.15) is 5.15 Å². The molecule has 0 fully saturated rings. The average Bonchev–Trinajstić information content (AvgIpc) is 2.20. The molecule has 0 aliphatic heterocycles. The summed E-state index contributed by atoms with van der Waals surface area (Å²) in [5.74, 6) is 0.198. The van der Waals surface area contributed by atoms with E-state index in [0.29, 0.717) is 5.15 Å². The molecule has 0 spiro atoms. The molecule has 0 aliphatic carbocycles. The van der Waals surface area contributed by atoms with Crippen LogP contribution in [-0.2, 0) is 0 Å². The van der Waals surface area contributed by atoms with Crippen LogP contribution in [0, 0.1) is 13.8 Å². The highest BCUT2D eigenvalue weighted by Crippen LogP contribution is 2.24. The van der Waals surface area contributed by atoms with Crippen LogP contribution in [0.1, 0.15) is 11.1 Å². The Morgan fingerprint density at radius 1 is 1.12 bits per heavy atom. The largest absolute Gasteiger partial charge is 0.368 e. The number of hydrogen-bond donors (Lipinski definition) is 1. The molecule has 0 aliphatic rings. The van der Waals surface area contributed by atoms with Gasteiger partial charge in [0.15, 0.2) is 0 Å². The second kappa shape index (κ2) is 4.10. The van der Waals surface area contributed by atoms with Crippen LogP contribution in [0.25, 0.3) is 11.3 Å². The molecule has 2 aromatic rings. The highest BCUT2D eigenvalue weighted by Gasteiger charge is 2.06. The number of anilines is 1. The summed E-state index contributed by atoms with van der Waals surface area (Å²) in [7, 11) is 0. The van der Waals surface area contributed by atoms with Crippen LogP contribution in [-0.4, -0.2) is 9.97 Å². The van der Waals surface area contributed by atoms with Crippen molar-refractivity contribution >= 4 is 17.5 Å². The summed E-state index contributed by atoms with van der Waals surface area (Å²) in [6, 6.07) is 7.90. The van der Waals surface area contributed by atoms with E-state index in [1.807, 2.05) is 13.8 Å². The Labute approximate surface area is 99.3 Å². The lowest BCUT2D eigenvalue weighted by Crippen LogP contribution is -1.97. The Kier molecular flexibility index (Phi) is 2.79. The molecular weight excluding hydrogens is 222 g/mol. The van der Waals surface area contributed by atoms with E-state index in [2.05, 4.69) is 28.2 Å². The molecule has 0 radical (unpaired) electrons. The van der Waals surface area contributed by atoms with E-state index in [-0.39, 0.29) is 5.95 Å². The zero-order valence-corrected chi connectivity index (χ0v) is 9.92. The lowest BCUT2D eigenvalue weighted by atomic mass is 10.0. The second-order valence-electron chi connectivity index (χ2n) is 3.75. The molecule has 16 heavy (non-hydrogen) atoms. The number of rotatable bonds is 1. The van der Waals surface area contributed by atoms with Crippen molar-refractivity contribution in [2.75, 3.05) is 5.73 Å². The number of nitrogen functional groups attached to an aromatic ring is 1. The quantitative estimate of drug-likeness (QED) is 0.771. The number of aryl methyl sites for hydroxylation is 2. The molecule has 2 rings (SSSR count). The summed E-state index contributed by atoms with van der Waals surface area (Å²) in [4.78, 5) is 8.03. The molecular formula is C12H12ClN3. The summed E-state index contributed by atoms with van der Waals surface area (Å²) >= 11 is 5.86. The van der Waals surface area contributed by atoms with E-state index in [1.54, 1.807) is 6.07 Å². The fraction of sp³-hybridized carbons (Fsp3) is 0.167. The van der Waals surface area contributed by atoms with E-state index in [0.717, 1.165) is 16.8 Å². The molecule has 2 N–H and O–H groups in total. The fourth-order valence-electron chi connectivity index (χ4n) is 1.58. The number of aromatic nitrogens is 2. The number of benzene rings is 1. The summed E-state index contributed by atoms with van der Waals surface area (Å²) in [6.45, 7) is 4.07. The van der Waals surface area contributed by atoms with Gasteiger partial charge in [-0.3, -0.25) is 0 Å². The minimum atomic E-state index is 0.198. The number of hydrogen-bond acceptors (Lipinski definition) is 3. The van der Waals surface area contributed by atoms with Crippen molar-refractivity contribution in [1.29, 1.82) is 0 Å². The van der Waals surface area contributed by atoms with E-state index < -0.39 is 0 Å². The van der Waals surface area contributed by atoms with Crippen molar-refractivity contribution in [2.24, 2.45) is 0 Å². The molecule has 0 unspecified atom stereocenters. The molecule has 0 bridgehead atoms.